The standard InChI is InChI=1S/C13H19N3O2/c1-3-16(4-2)12(17)9-15-13(18)10-6-5-7-11(14)8-10/h5-8H,3-4,9,14H2,1-2H3,(H,15,18). The number of hydrogen-bond donors (Lipinski definition) is 2. The van der Waals surface area contributed by atoms with E-state index in [-0.39, 0.29) is 18.4 Å². The first-order valence-corrected chi connectivity index (χ1v) is 6.00. The molecule has 98 valence electrons. The summed E-state index contributed by atoms with van der Waals surface area (Å²) in [5.74, 6) is -0.375. The molecule has 18 heavy (non-hydrogen) atoms. The van der Waals surface area contributed by atoms with Crippen LogP contribution in [0.25, 0.3) is 0 Å². The minimum atomic E-state index is -0.289. The van der Waals surface area contributed by atoms with Gasteiger partial charge >= 0.3 is 0 Å². The van der Waals surface area contributed by atoms with Crippen LogP contribution in [0, 0.1) is 0 Å². The number of nitrogens with two attached hydrogens (primary N) is 1. The zero-order valence-corrected chi connectivity index (χ0v) is 10.8. The fraction of sp³-hybridized carbons (Fsp3) is 0.385. The van der Waals surface area contributed by atoms with E-state index in [1.165, 1.54) is 0 Å². The first-order valence-electron chi connectivity index (χ1n) is 6.00. The van der Waals surface area contributed by atoms with E-state index in [0.717, 1.165) is 0 Å². The largest absolute Gasteiger partial charge is 0.399 e. The number of nitrogens with one attached hydrogen (secondary N) is 1. The summed E-state index contributed by atoms with van der Waals surface area (Å²) in [6.45, 7) is 5.10. The predicted octanol–water partition coefficient (Wildman–Crippen LogP) is 0.867. The van der Waals surface area contributed by atoms with Crippen molar-refractivity contribution >= 4 is 17.5 Å². The van der Waals surface area contributed by atoms with Gasteiger partial charge in [0.15, 0.2) is 0 Å². The van der Waals surface area contributed by atoms with Gasteiger partial charge in [-0.1, -0.05) is 6.07 Å². The lowest BCUT2D eigenvalue weighted by Crippen LogP contribution is -2.40. The van der Waals surface area contributed by atoms with E-state index in [0.29, 0.717) is 24.3 Å². The van der Waals surface area contributed by atoms with Crippen molar-refractivity contribution in [2.45, 2.75) is 13.8 Å². The number of carbonyl (C=O) groups is 2. The molecular weight excluding hydrogens is 230 g/mol. The van der Waals surface area contributed by atoms with Crippen molar-refractivity contribution < 1.29 is 9.59 Å². The van der Waals surface area contributed by atoms with Crippen molar-refractivity contribution in [2.75, 3.05) is 25.4 Å². The van der Waals surface area contributed by atoms with Crippen LogP contribution in [0.1, 0.15) is 24.2 Å². The molecule has 5 heteroatoms. The van der Waals surface area contributed by atoms with E-state index >= 15 is 0 Å². The summed E-state index contributed by atoms with van der Waals surface area (Å²) >= 11 is 0. The second-order valence-corrected chi connectivity index (χ2v) is 3.87. The van der Waals surface area contributed by atoms with Crippen LogP contribution in [0.2, 0.25) is 0 Å². The van der Waals surface area contributed by atoms with Crippen LogP contribution in [0.15, 0.2) is 24.3 Å². The molecule has 0 saturated heterocycles. The smallest absolute Gasteiger partial charge is 0.251 e. The maximum absolute atomic E-state index is 11.8. The molecule has 0 aliphatic carbocycles. The number of amides is 2. The van der Waals surface area contributed by atoms with E-state index in [1.807, 2.05) is 13.8 Å². The summed E-state index contributed by atoms with van der Waals surface area (Å²) in [5.41, 5.74) is 6.57. The highest BCUT2D eigenvalue weighted by Gasteiger charge is 2.11. The van der Waals surface area contributed by atoms with E-state index in [1.54, 1.807) is 29.2 Å². The summed E-state index contributed by atoms with van der Waals surface area (Å²) in [6.07, 6.45) is 0. The van der Waals surface area contributed by atoms with Gasteiger partial charge in [-0.3, -0.25) is 9.59 Å². The van der Waals surface area contributed by atoms with Crippen LogP contribution < -0.4 is 11.1 Å². The SMILES string of the molecule is CCN(CC)C(=O)CNC(=O)c1cccc(N)c1. The number of anilines is 1. The third-order valence-electron chi connectivity index (χ3n) is 2.67. The number of rotatable bonds is 5. The van der Waals surface area contributed by atoms with Crippen LogP contribution in [0.4, 0.5) is 5.69 Å². The Balaban J connectivity index is 2.54. The molecule has 0 aliphatic rings. The van der Waals surface area contributed by atoms with Crippen molar-refractivity contribution in [1.82, 2.24) is 10.2 Å². The molecule has 5 nitrogen and oxygen atoms in total. The van der Waals surface area contributed by atoms with Gasteiger partial charge in [-0.2, -0.15) is 0 Å². The van der Waals surface area contributed by atoms with Gasteiger partial charge in [0.1, 0.15) is 0 Å². The molecule has 1 aromatic carbocycles. The molecule has 0 aromatic heterocycles. The average Bonchev–Trinajstić information content (AvgIpc) is 2.37. The molecule has 1 rings (SSSR count). The van der Waals surface area contributed by atoms with Gasteiger partial charge in [-0.25, -0.2) is 0 Å². The monoisotopic (exact) mass is 249 g/mol. The molecule has 0 aliphatic heterocycles. The third kappa shape index (κ3) is 3.76. The molecule has 0 bridgehead atoms. The number of hydrogen-bond acceptors (Lipinski definition) is 3. The molecule has 0 heterocycles. The molecule has 1 aromatic rings. The van der Waals surface area contributed by atoms with Gasteiger partial charge in [0.05, 0.1) is 6.54 Å². The molecule has 0 fully saturated rings. The maximum Gasteiger partial charge on any atom is 0.251 e. The molecule has 0 saturated carbocycles. The minimum absolute atomic E-state index is 0.00924. The fourth-order valence-corrected chi connectivity index (χ4v) is 1.63. The van der Waals surface area contributed by atoms with Crippen LogP contribution in [0.3, 0.4) is 0 Å². The first kappa shape index (κ1) is 14.0. The molecule has 0 radical (unpaired) electrons. The van der Waals surface area contributed by atoms with Crippen LogP contribution >= 0.6 is 0 Å². The summed E-state index contributed by atoms with van der Waals surface area (Å²) in [6, 6.07) is 6.65. The zero-order chi connectivity index (χ0) is 13.5. The van der Waals surface area contributed by atoms with Crippen molar-refractivity contribution in [3.63, 3.8) is 0 Å². The predicted molar refractivity (Wildman–Crippen MR) is 71.1 cm³/mol. The van der Waals surface area contributed by atoms with Crippen LogP contribution in [-0.4, -0.2) is 36.3 Å². The minimum Gasteiger partial charge on any atom is -0.399 e. The molecule has 2 amide bonds. The molecule has 0 unspecified atom stereocenters. The lowest BCUT2D eigenvalue weighted by molar-refractivity contribution is -0.129. The van der Waals surface area contributed by atoms with Gasteiger partial charge < -0.3 is 16.0 Å². The van der Waals surface area contributed by atoms with Crippen molar-refractivity contribution in [1.29, 1.82) is 0 Å². The van der Waals surface area contributed by atoms with Gasteiger partial charge in [0, 0.05) is 24.3 Å². The molecule has 0 spiro atoms. The number of carbonyl (C=O) groups excluding carboxylic acids is 2. The second-order valence-electron chi connectivity index (χ2n) is 3.87. The Morgan fingerprint density at radius 3 is 2.50 bits per heavy atom. The van der Waals surface area contributed by atoms with E-state index < -0.39 is 0 Å². The fourth-order valence-electron chi connectivity index (χ4n) is 1.63. The topological polar surface area (TPSA) is 75.4 Å². The number of benzene rings is 1. The van der Waals surface area contributed by atoms with Gasteiger partial charge in [-0.05, 0) is 32.0 Å². The first-order chi connectivity index (χ1) is 8.58. The Bertz CT molecular complexity index is 428. The second kappa shape index (κ2) is 6.64. The highest BCUT2D eigenvalue weighted by Crippen LogP contribution is 2.05. The summed E-state index contributed by atoms with van der Waals surface area (Å²) in [5, 5.41) is 2.59. The zero-order valence-electron chi connectivity index (χ0n) is 10.8. The Kier molecular flexibility index (Phi) is 5.17. The maximum atomic E-state index is 11.8. The normalized spacial score (nSPS) is 9.89. The molecule has 3 N–H and O–H groups in total. The van der Waals surface area contributed by atoms with Crippen molar-refractivity contribution in [3.8, 4) is 0 Å². The third-order valence-corrected chi connectivity index (χ3v) is 2.67. The molecular formula is C13H19N3O2. The summed E-state index contributed by atoms with van der Waals surface area (Å²) in [4.78, 5) is 25.1. The highest BCUT2D eigenvalue weighted by molar-refractivity contribution is 5.97. The van der Waals surface area contributed by atoms with Crippen molar-refractivity contribution in [2.24, 2.45) is 0 Å². The van der Waals surface area contributed by atoms with Gasteiger partial charge in [0.25, 0.3) is 5.91 Å². The average molecular weight is 249 g/mol. The van der Waals surface area contributed by atoms with Crippen LogP contribution in [0.5, 0.6) is 0 Å². The Hall–Kier alpha value is -2.04. The Morgan fingerprint density at radius 1 is 1.28 bits per heavy atom. The van der Waals surface area contributed by atoms with E-state index in [2.05, 4.69) is 5.32 Å². The molecule has 0 atom stereocenters. The number of nitrogen functional groups attached to an aromatic ring is 1. The number of likely N-dealkylation sites (N-methyl/N-ethyl adjacent to an activating group) is 1. The summed E-state index contributed by atoms with van der Waals surface area (Å²) in [7, 11) is 0. The van der Waals surface area contributed by atoms with E-state index in [4.69, 9.17) is 5.73 Å². The number of nitrogens with zero attached hydrogens (tertiary/aromatic N) is 1. The quantitative estimate of drug-likeness (QED) is 0.760. The van der Waals surface area contributed by atoms with Crippen molar-refractivity contribution in [3.05, 3.63) is 29.8 Å². The Morgan fingerprint density at radius 2 is 1.94 bits per heavy atom. The highest BCUT2D eigenvalue weighted by atomic mass is 16.2. The van der Waals surface area contributed by atoms with Gasteiger partial charge in [-0.15, -0.1) is 0 Å². The van der Waals surface area contributed by atoms with Crippen LogP contribution in [-0.2, 0) is 4.79 Å². The lowest BCUT2D eigenvalue weighted by Gasteiger charge is -2.18. The lowest BCUT2D eigenvalue weighted by atomic mass is 10.2. The Labute approximate surface area is 107 Å². The van der Waals surface area contributed by atoms with E-state index in [9.17, 15) is 9.59 Å². The summed E-state index contributed by atoms with van der Waals surface area (Å²) < 4.78 is 0. The van der Waals surface area contributed by atoms with Gasteiger partial charge in [0.2, 0.25) is 5.91 Å².